The lowest BCUT2D eigenvalue weighted by Crippen LogP contribution is -2.42. The molecule has 1 amide bonds. The maximum absolute atomic E-state index is 12.6. The number of amides is 1. The molecule has 20 heavy (non-hydrogen) atoms. The van der Waals surface area contributed by atoms with E-state index in [1.165, 1.54) is 0 Å². The van der Waals surface area contributed by atoms with Crippen molar-refractivity contribution >= 4 is 17.5 Å². The van der Waals surface area contributed by atoms with Gasteiger partial charge in [-0.2, -0.15) is 0 Å². The molecular weight excluding hydrogens is 272 g/mol. The number of carbonyl (C=O) groups is 1. The van der Waals surface area contributed by atoms with Crippen molar-refractivity contribution in [2.75, 3.05) is 6.54 Å². The number of nitrogens with zero attached hydrogens (tertiary/aromatic N) is 1. The summed E-state index contributed by atoms with van der Waals surface area (Å²) in [6, 6.07) is 7.79. The van der Waals surface area contributed by atoms with Crippen LogP contribution in [0.25, 0.3) is 0 Å². The lowest BCUT2D eigenvalue weighted by atomic mass is 10.0. The molecule has 1 rings (SSSR count). The third kappa shape index (κ3) is 4.80. The topological polar surface area (TPSA) is 46.3 Å². The minimum absolute atomic E-state index is 0.0819. The largest absolute Gasteiger partial charge is 0.336 e. The molecule has 0 saturated heterocycles. The number of hydrogen-bond donors (Lipinski definition) is 1. The highest BCUT2D eigenvalue weighted by molar-refractivity contribution is 6.30. The summed E-state index contributed by atoms with van der Waals surface area (Å²) in [5.41, 5.74) is 6.79. The fourth-order valence-corrected chi connectivity index (χ4v) is 2.48. The summed E-state index contributed by atoms with van der Waals surface area (Å²) >= 11 is 6.00. The molecule has 1 aromatic rings. The summed E-state index contributed by atoms with van der Waals surface area (Å²) in [5.74, 6) is 0.0610. The van der Waals surface area contributed by atoms with Crippen LogP contribution in [0.5, 0.6) is 0 Å². The Morgan fingerprint density at radius 1 is 1.40 bits per heavy atom. The molecule has 0 spiro atoms. The molecule has 0 aliphatic heterocycles. The van der Waals surface area contributed by atoms with Crippen molar-refractivity contribution in [1.29, 1.82) is 0 Å². The number of halogens is 1. The standard InChI is InChI=1S/C16H25ClN2O/c1-4-6-14(10-18)16(20)19(12(2)3)11-13-7-5-8-15(17)9-13/h5,7-9,12,14H,4,6,10-11,18H2,1-3H3. The van der Waals surface area contributed by atoms with E-state index in [9.17, 15) is 4.79 Å². The molecular formula is C16H25ClN2O. The Hall–Kier alpha value is -1.06. The summed E-state index contributed by atoms with van der Waals surface area (Å²) in [7, 11) is 0. The lowest BCUT2D eigenvalue weighted by molar-refractivity contribution is -0.137. The van der Waals surface area contributed by atoms with Crippen LogP contribution >= 0.6 is 11.6 Å². The zero-order valence-corrected chi connectivity index (χ0v) is 13.4. The van der Waals surface area contributed by atoms with Crippen molar-refractivity contribution < 1.29 is 4.79 Å². The van der Waals surface area contributed by atoms with Crippen LogP contribution in [0.1, 0.15) is 39.2 Å². The van der Waals surface area contributed by atoms with Gasteiger partial charge in [-0.1, -0.05) is 37.1 Å². The number of nitrogens with two attached hydrogens (primary N) is 1. The van der Waals surface area contributed by atoms with Gasteiger partial charge in [0, 0.05) is 24.2 Å². The van der Waals surface area contributed by atoms with Crippen LogP contribution in [0.15, 0.2) is 24.3 Å². The first kappa shape index (κ1) is 17.0. The van der Waals surface area contributed by atoms with Gasteiger partial charge < -0.3 is 10.6 Å². The van der Waals surface area contributed by atoms with E-state index in [0.717, 1.165) is 18.4 Å². The van der Waals surface area contributed by atoms with Crippen LogP contribution in [0.3, 0.4) is 0 Å². The van der Waals surface area contributed by atoms with Gasteiger partial charge in [0.05, 0.1) is 5.92 Å². The van der Waals surface area contributed by atoms with E-state index in [-0.39, 0.29) is 17.9 Å². The monoisotopic (exact) mass is 296 g/mol. The Labute approximate surface area is 127 Å². The van der Waals surface area contributed by atoms with Crippen molar-refractivity contribution in [1.82, 2.24) is 4.90 Å². The van der Waals surface area contributed by atoms with Crippen LogP contribution in [0, 0.1) is 5.92 Å². The highest BCUT2D eigenvalue weighted by Crippen LogP contribution is 2.17. The summed E-state index contributed by atoms with van der Waals surface area (Å²) in [6.07, 6.45) is 1.81. The lowest BCUT2D eigenvalue weighted by Gasteiger charge is -2.30. The molecule has 2 N–H and O–H groups in total. The number of carbonyl (C=O) groups excluding carboxylic acids is 1. The predicted octanol–water partition coefficient (Wildman–Crippen LogP) is 3.45. The molecule has 3 nitrogen and oxygen atoms in total. The molecule has 0 heterocycles. The first-order chi connectivity index (χ1) is 9.49. The van der Waals surface area contributed by atoms with E-state index in [0.29, 0.717) is 18.1 Å². The van der Waals surface area contributed by atoms with E-state index < -0.39 is 0 Å². The first-order valence-electron chi connectivity index (χ1n) is 7.24. The van der Waals surface area contributed by atoms with E-state index in [4.69, 9.17) is 17.3 Å². The maximum atomic E-state index is 12.6. The molecule has 0 aliphatic carbocycles. The van der Waals surface area contributed by atoms with E-state index in [1.54, 1.807) is 0 Å². The van der Waals surface area contributed by atoms with Crippen molar-refractivity contribution in [2.24, 2.45) is 11.7 Å². The third-order valence-electron chi connectivity index (χ3n) is 3.42. The molecule has 4 heteroatoms. The van der Waals surface area contributed by atoms with Crippen molar-refractivity contribution in [2.45, 2.75) is 46.2 Å². The van der Waals surface area contributed by atoms with Crippen LogP contribution < -0.4 is 5.73 Å². The molecule has 0 aliphatic rings. The van der Waals surface area contributed by atoms with Crippen molar-refractivity contribution in [3.8, 4) is 0 Å². The Morgan fingerprint density at radius 2 is 2.10 bits per heavy atom. The van der Waals surface area contributed by atoms with E-state index >= 15 is 0 Å². The van der Waals surface area contributed by atoms with Gasteiger partial charge in [0.2, 0.25) is 5.91 Å². The zero-order chi connectivity index (χ0) is 15.1. The van der Waals surface area contributed by atoms with Gasteiger partial charge in [0.1, 0.15) is 0 Å². The highest BCUT2D eigenvalue weighted by atomic mass is 35.5. The molecule has 0 saturated carbocycles. The smallest absolute Gasteiger partial charge is 0.227 e. The second kappa shape index (κ2) is 8.28. The van der Waals surface area contributed by atoms with E-state index in [2.05, 4.69) is 6.92 Å². The molecule has 1 atom stereocenters. The van der Waals surface area contributed by atoms with Crippen molar-refractivity contribution in [3.63, 3.8) is 0 Å². The summed E-state index contributed by atoms with van der Waals surface area (Å²) in [6.45, 7) is 7.12. The number of benzene rings is 1. The van der Waals surface area contributed by atoms with Gasteiger partial charge in [-0.3, -0.25) is 4.79 Å². The minimum Gasteiger partial charge on any atom is -0.336 e. The molecule has 112 valence electrons. The summed E-state index contributed by atoms with van der Waals surface area (Å²) in [4.78, 5) is 14.5. The second-order valence-corrected chi connectivity index (χ2v) is 5.85. The molecule has 1 unspecified atom stereocenters. The molecule has 1 aromatic carbocycles. The summed E-state index contributed by atoms with van der Waals surface area (Å²) in [5, 5.41) is 0.697. The Balaban J connectivity index is 2.86. The average Bonchev–Trinajstić information content (AvgIpc) is 2.41. The predicted molar refractivity (Wildman–Crippen MR) is 84.6 cm³/mol. The van der Waals surface area contributed by atoms with Gasteiger partial charge in [0.15, 0.2) is 0 Å². The van der Waals surface area contributed by atoms with Gasteiger partial charge in [-0.05, 0) is 38.0 Å². The summed E-state index contributed by atoms with van der Waals surface area (Å²) < 4.78 is 0. The average molecular weight is 297 g/mol. The zero-order valence-electron chi connectivity index (χ0n) is 12.6. The first-order valence-corrected chi connectivity index (χ1v) is 7.62. The molecule has 0 bridgehead atoms. The molecule has 0 radical (unpaired) electrons. The molecule has 0 aromatic heterocycles. The minimum atomic E-state index is -0.0819. The third-order valence-corrected chi connectivity index (χ3v) is 3.65. The fraction of sp³-hybridized carbons (Fsp3) is 0.562. The van der Waals surface area contributed by atoms with Crippen LogP contribution in [-0.4, -0.2) is 23.4 Å². The Bertz CT molecular complexity index is 434. The Kier molecular flexibility index (Phi) is 7.03. The normalized spacial score (nSPS) is 12.5. The second-order valence-electron chi connectivity index (χ2n) is 5.41. The Morgan fingerprint density at radius 3 is 2.60 bits per heavy atom. The SMILES string of the molecule is CCCC(CN)C(=O)N(Cc1cccc(Cl)c1)C(C)C. The fourth-order valence-electron chi connectivity index (χ4n) is 2.27. The van der Waals surface area contributed by atoms with Gasteiger partial charge in [-0.15, -0.1) is 0 Å². The molecule has 0 fully saturated rings. The van der Waals surface area contributed by atoms with Crippen LogP contribution in [0.2, 0.25) is 5.02 Å². The number of hydrogen-bond acceptors (Lipinski definition) is 2. The number of rotatable bonds is 7. The quantitative estimate of drug-likeness (QED) is 0.837. The highest BCUT2D eigenvalue weighted by Gasteiger charge is 2.24. The maximum Gasteiger partial charge on any atom is 0.227 e. The van der Waals surface area contributed by atoms with Crippen LogP contribution in [0.4, 0.5) is 0 Å². The van der Waals surface area contributed by atoms with E-state index in [1.807, 2.05) is 43.0 Å². The van der Waals surface area contributed by atoms with Gasteiger partial charge in [0.25, 0.3) is 0 Å². The van der Waals surface area contributed by atoms with Gasteiger partial charge >= 0.3 is 0 Å². The van der Waals surface area contributed by atoms with Crippen LogP contribution in [-0.2, 0) is 11.3 Å². The van der Waals surface area contributed by atoms with Crippen molar-refractivity contribution in [3.05, 3.63) is 34.9 Å². The van der Waals surface area contributed by atoms with Gasteiger partial charge in [-0.25, -0.2) is 0 Å².